The van der Waals surface area contributed by atoms with Gasteiger partial charge in [-0.1, -0.05) is 45.0 Å². The fraction of sp³-hybridized carbons (Fsp3) is 0.372. The summed E-state index contributed by atoms with van der Waals surface area (Å²) in [6.07, 6.45) is 2.86. The van der Waals surface area contributed by atoms with Gasteiger partial charge in [-0.3, -0.25) is 10.1 Å². The van der Waals surface area contributed by atoms with Crippen LogP contribution in [0.2, 0.25) is 0 Å². The number of carbonyl (C=O) groups is 1. The van der Waals surface area contributed by atoms with Crippen molar-refractivity contribution < 1.29 is 32.9 Å². The molecule has 6 rings (SSSR count). The number of nitrogens with one attached hydrogen (secondary N) is 2. The van der Waals surface area contributed by atoms with Crippen LogP contribution in [0, 0.1) is 12.7 Å². The minimum atomic E-state index is -0.507. The Kier molecular flexibility index (Phi) is 13.1. The maximum Gasteiger partial charge on any atom is 0.320 e. The van der Waals surface area contributed by atoms with E-state index in [1.54, 1.807) is 28.5 Å². The van der Waals surface area contributed by atoms with Crippen LogP contribution in [0.1, 0.15) is 68.1 Å². The minimum absolute atomic E-state index is 0.0149. The molecule has 2 amide bonds. The van der Waals surface area contributed by atoms with Crippen molar-refractivity contribution in [3.8, 4) is 22.9 Å². The Bertz CT molecular complexity index is 2170. The number of halogens is 1. The second-order valence-electron chi connectivity index (χ2n) is 14.7. The Morgan fingerprint density at radius 2 is 1.75 bits per heavy atom. The number of nitrogens with zero attached hydrogens (tertiary/aromatic N) is 3. The molecule has 0 radical (unpaired) electrons. The normalized spacial score (nSPS) is 14.3. The largest absolute Gasteiger partial charge is 0.497 e. The summed E-state index contributed by atoms with van der Waals surface area (Å²) in [7, 11) is 1.60. The minimum Gasteiger partial charge on any atom is -0.497 e. The molecule has 3 heterocycles. The molecular formula is C43H50FN5O7. The molecule has 0 saturated carbocycles. The maximum atomic E-state index is 14.5. The molecule has 12 nitrogen and oxygen atoms in total. The molecule has 13 heteroatoms. The third-order valence-electron chi connectivity index (χ3n) is 9.36. The summed E-state index contributed by atoms with van der Waals surface area (Å²) in [5, 5.41) is 10.6. The average molecular weight is 768 g/mol. The van der Waals surface area contributed by atoms with Gasteiger partial charge < -0.3 is 33.6 Å². The van der Waals surface area contributed by atoms with E-state index in [-0.39, 0.29) is 30.4 Å². The lowest BCUT2D eigenvalue weighted by atomic mass is 9.92. The number of hydrogen-bond donors (Lipinski definition) is 2. The van der Waals surface area contributed by atoms with Crippen molar-refractivity contribution in [3.05, 3.63) is 129 Å². The van der Waals surface area contributed by atoms with Crippen LogP contribution >= 0.6 is 0 Å². The quantitative estimate of drug-likeness (QED) is 0.104. The zero-order valence-corrected chi connectivity index (χ0v) is 32.6. The number of aromatic nitrogens is 3. The monoisotopic (exact) mass is 767 g/mol. The number of ether oxygens (including phenoxy) is 5. The Morgan fingerprint density at radius 1 is 0.929 bits per heavy atom. The molecule has 2 N–H and O–H groups in total. The van der Waals surface area contributed by atoms with E-state index in [0.717, 1.165) is 42.8 Å². The van der Waals surface area contributed by atoms with Crippen LogP contribution in [-0.4, -0.2) is 53.6 Å². The zero-order valence-electron chi connectivity index (χ0n) is 32.6. The van der Waals surface area contributed by atoms with E-state index < -0.39 is 11.8 Å². The highest BCUT2D eigenvalue weighted by Crippen LogP contribution is 2.28. The van der Waals surface area contributed by atoms with Gasteiger partial charge in [0.2, 0.25) is 0 Å². The molecule has 1 aliphatic heterocycles. The molecule has 1 saturated heterocycles. The number of urea groups is 1. The number of hydrogen-bond acceptors (Lipinski definition) is 8. The van der Waals surface area contributed by atoms with Crippen LogP contribution in [0.4, 0.5) is 15.0 Å². The van der Waals surface area contributed by atoms with Gasteiger partial charge in [0.25, 0.3) is 5.56 Å². The molecule has 1 atom stereocenters. The predicted molar refractivity (Wildman–Crippen MR) is 211 cm³/mol. The first-order valence-corrected chi connectivity index (χ1v) is 18.8. The van der Waals surface area contributed by atoms with Gasteiger partial charge in [0.15, 0.2) is 6.29 Å². The fourth-order valence-electron chi connectivity index (χ4n) is 6.26. The second-order valence-corrected chi connectivity index (χ2v) is 14.7. The van der Waals surface area contributed by atoms with E-state index in [1.807, 2.05) is 82.3 Å². The lowest BCUT2D eigenvalue weighted by Gasteiger charge is -2.22. The third-order valence-corrected chi connectivity index (χ3v) is 9.36. The number of amides is 2. The molecule has 0 bridgehead atoms. The number of pyridine rings is 1. The number of anilines is 1. The molecule has 2 aromatic heterocycles. The van der Waals surface area contributed by atoms with Gasteiger partial charge in [-0.2, -0.15) is 5.10 Å². The summed E-state index contributed by atoms with van der Waals surface area (Å²) in [5.41, 5.74) is 3.76. The predicted octanol–water partition coefficient (Wildman–Crippen LogP) is 7.66. The summed E-state index contributed by atoms with van der Waals surface area (Å²) >= 11 is 0. The van der Waals surface area contributed by atoms with Crippen LogP contribution in [0.3, 0.4) is 0 Å². The van der Waals surface area contributed by atoms with Crippen molar-refractivity contribution in [3.63, 3.8) is 0 Å². The van der Waals surface area contributed by atoms with Gasteiger partial charge >= 0.3 is 6.03 Å². The first-order valence-electron chi connectivity index (χ1n) is 18.8. The van der Waals surface area contributed by atoms with Crippen molar-refractivity contribution in [2.45, 2.75) is 78.4 Å². The smallest absolute Gasteiger partial charge is 0.320 e. The van der Waals surface area contributed by atoms with Gasteiger partial charge in [-0.15, -0.1) is 0 Å². The van der Waals surface area contributed by atoms with E-state index >= 15 is 0 Å². The van der Waals surface area contributed by atoms with E-state index in [1.165, 1.54) is 18.2 Å². The van der Waals surface area contributed by atoms with Crippen molar-refractivity contribution in [1.29, 1.82) is 0 Å². The highest BCUT2D eigenvalue weighted by atomic mass is 19.1. The summed E-state index contributed by atoms with van der Waals surface area (Å²) in [5.74, 6) is 1.72. The lowest BCUT2D eigenvalue weighted by molar-refractivity contribution is -0.165. The number of aryl methyl sites for hydroxylation is 1. The number of rotatable bonds is 15. The van der Waals surface area contributed by atoms with Crippen LogP contribution in [0.5, 0.6) is 17.2 Å². The summed E-state index contributed by atoms with van der Waals surface area (Å²) in [6, 6.07) is 23.8. The van der Waals surface area contributed by atoms with E-state index in [4.69, 9.17) is 28.8 Å². The van der Waals surface area contributed by atoms with E-state index in [2.05, 4.69) is 10.6 Å². The molecule has 56 heavy (non-hydrogen) atoms. The first-order chi connectivity index (χ1) is 26.9. The molecule has 5 aromatic rings. The Labute approximate surface area is 326 Å². The molecule has 1 unspecified atom stereocenters. The van der Waals surface area contributed by atoms with Gasteiger partial charge in [0, 0.05) is 42.5 Å². The second kappa shape index (κ2) is 18.3. The van der Waals surface area contributed by atoms with Crippen molar-refractivity contribution in [2.75, 3.05) is 32.2 Å². The van der Waals surface area contributed by atoms with Crippen LogP contribution in [-0.2, 0) is 34.6 Å². The molecular weight excluding hydrogens is 717 g/mol. The third kappa shape index (κ3) is 10.8. The Hall–Kier alpha value is -5.66. The lowest BCUT2D eigenvalue weighted by Crippen LogP contribution is -2.29. The summed E-state index contributed by atoms with van der Waals surface area (Å²) < 4.78 is 46.5. The van der Waals surface area contributed by atoms with Crippen LogP contribution in [0.15, 0.2) is 89.7 Å². The molecule has 0 spiro atoms. The average Bonchev–Trinajstić information content (AvgIpc) is 3.62. The summed E-state index contributed by atoms with van der Waals surface area (Å²) in [4.78, 5) is 26.5. The maximum absolute atomic E-state index is 14.5. The molecule has 296 valence electrons. The van der Waals surface area contributed by atoms with Crippen LogP contribution in [0.25, 0.3) is 5.69 Å². The van der Waals surface area contributed by atoms with Gasteiger partial charge in [-0.25, -0.2) is 13.9 Å². The first kappa shape index (κ1) is 40.0. The SMILES string of the molecule is COc1cccc(Cn2c(C)cc(OCc3ccc(F)cc3CNC(=O)Nc3cc(C(C)(C)C)nn3-c3cccc(OCCOC4CCCCO4)c3)cc2=O)c1. The molecule has 1 fully saturated rings. The highest BCUT2D eigenvalue weighted by Gasteiger charge is 2.22. The number of carbonyl (C=O) groups excluding carboxylic acids is 1. The van der Waals surface area contributed by atoms with Gasteiger partial charge in [-0.05, 0) is 85.3 Å². The number of benzene rings is 3. The standard InChI is InChI=1S/C43H50FN5O7/c1-29-20-37(24-40(50)48(29)27-30-10-8-12-35(21-30)52-5)56-28-31-15-16-33(44)22-32(31)26-45-42(51)46-39-25-38(43(2,3)4)47-49(39)34-11-9-13-36(23-34)53-18-19-55-41-14-6-7-17-54-41/h8-13,15-16,20-25,41H,6-7,14,17-19,26-28H2,1-5H3,(H2,45,46,51). The van der Waals surface area contributed by atoms with Crippen molar-refractivity contribution in [1.82, 2.24) is 19.7 Å². The Balaban J connectivity index is 1.09. The van der Waals surface area contributed by atoms with Crippen molar-refractivity contribution >= 4 is 11.8 Å². The van der Waals surface area contributed by atoms with Crippen LogP contribution < -0.4 is 30.4 Å². The fourth-order valence-corrected chi connectivity index (χ4v) is 6.26. The topological polar surface area (TPSA) is 127 Å². The van der Waals surface area contributed by atoms with E-state index in [0.29, 0.717) is 59.6 Å². The molecule has 3 aromatic carbocycles. The summed E-state index contributed by atoms with van der Waals surface area (Å²) in [6.45, 7) is 9.89. The molecule has 0 aliphatic carbocycles. The van der Waals surface area contributed by atoms with E-state index in [9.17, 15) is 14.0 Å². The Morgan fingerprint density at radius 3 is 2.52 bits per heavy atom. The zero-order chi connectivity index (χ0) is 39.7. The van der Waals surface area contributed by atoms with Gasteiger partial charge in [0.1, 0.15) is 42.1 Å². The number of methoxy groups -OCH3 is 1. The van der Waals surface area contributed by atoms with Crippen molar-refractivity contribution in [2.24, 2.45) is 0 Å². The van der Waals surface area contributed by atoms with Gasteiger partial charge in [0.05, 0.1) is 31.6 Å². The highest BCUT2D eigenvalue weighted by molar-refractivity contribution is 5.88. The molecule has 1 aliphatic rings.